The average Bonchev–Trinajstić information content (AvgIpc) is 2.81. The second kappa shape index (κ2) is 10.7. The Morgan fingerprint density at radius 1 is 1.03 bits per heavy atom. The molecule has 2 saturated heterocycles. The average molecular weight is 491 g/mol. The SMILES string of the molecule is C=C(C)c1ccc(S(=O)(=O)N2CCN(CC3CCN(c4ccncc4)CC3)C(=O)C2)cc1.Cl. The van der Waals surface area contributed by atoms with Crippen LogP contribution in [0.3, 0.4) is 0 Å². The van der Waals surface area contributed by atoms with Crippen LogP contribution in [0.1, 0.15) is 25.3 Å². The Bertz CT molecular complexity index is 1070. The van der Waals surface area contributed by atoms with Crippen molar-refractivity contribution in [2.24, 2.45) is 5.92 Å². The molecule has 2 aromatic rings. The lowest BCUT2D eigenvalue weighted by molar-refractivity contribution is -0.134. The second-order valence-electron chi connectivity index (χ2n) is 8.62. The molecule has 2 aliphatic rings. The van der Waals surface area contributed by atoms with Crippen LogP contribution in [0.4, 0.5) is 5.69 Å². The molecule has 0 saturated carbocycles. The van der Waals surface area contributed by atoms with Crippen molar-refractivity contribution in [2.45, 2.75) is 24.7 Å². The predicted octanol–water partition coefficient (Wildman–Crippen LogP) is 3.29. The van der Waals surface area contributed by atoms with E-state index < -0.39 is 10.0 Å². The maximum absolute atomic E-state index is 13.0. The Balaban J connectivity index is 0.00000306. The van der Waals surface area contributed by atoms with E-state index in [4.69, 9.17) is 0 Å². The molecule has 2 fully saturated rings. The van der Waals surface area contributed by atoms with Gasteiger partial charge in [-0.3, -0.25) is 9.78 Å². The summed E-state index contributed by atoms with van der Waals surface area (Å²) in [6.07, 6.45) is 5.65. The zero-order valence-corrected chi connectivity index (χ0v) is 20.5. The van der Waals surface area contributed by atoms with Gasteiger partial charge in [-0.2, -0.15) is 4.31 Å². The largest absolute Gasteiger partial charge is 0.371 e. The summed E-state index contributed by atoms with van der Waals surface area (Å²) in [4.78, 5) is 21.3. The van der Waals surface area contributed by atoms with Gasteiger partial charge in [0.2, 0.25) is 15.9 Å². The van der Waals surface area contributed by atoms with Crippen molar-refractivity contribution in [3.63, 3.8) is 0 Å². The Hall–Kier alpha value is -2.42. The summed E-state index contributed by atoms with van der Waals surface area (Å²) in [5.41, 5.74) is 2.97. The van der Waals surface area contributed by atoms with Gasteiger partial charge in [0.1, 0.15) is 0 Å². The predicted molar refractivity (Wildman–Crippen MR) is 133 cm³/mol. The molecule has 1 aromatic heterocycles. The quantitative estimate of drug-likeness (QED) is 0.621. The number of hydrogen-bond donors (Lipinski definition) is 0. The molecule has 2 aliphatic heterocycles. The van der Waals surface area contributed by atoms with Crippen molar-refractivity contribution in [1.82, 2.24) is 14.2 Å². The van der Waals surface area contributed by atoms with Gasteiger partial charge in [-0.1, -0.05) is 24.3 Å². The number of carbonyl (C=O) groups excluding carboxylic acids is 1. The molecule has 9 heteroatoms. The molecule has 1 aromatic carbocycles. The number of piperazine rings is 1. The highest BCUT2D eigenvalue weighted by Gasteiger charge is 2.34. The molecule has 0 aliphatic carbocycles. The van der Waals surface area contributed by atoms with E-state index in [2.05, 4.69) is 16.5 Å². The van der Waals surface area contributed by atoms with Crippen molar-refractivity contribution >= 4 is 39.6 Å². The molecular formula is C24H31ClN4O3S. The molecule has 33 heavy (non-hydrogen) atoms. The highest BCUT2D eigenvalue weighted by atomic mass is 35.5. The molecule has 1 amide bonds. The second-order valence-corrected chi connectivity index (χ2v) is 10.6. The summed E-state index contributed by atoms with van der Waals surface area (Å²) in [5.74, 6) is 0.324. The zero-order chi connectivity index (χ0) is 22.7. The van der Waals surface area contributed by atoms with E-state index in [-0.39, 0.29) is 29.8 Å². The smallest absolute Gasteiger partial charge is 0.243 e. The summed E-state index contributed by atoms with van der Waals surface area (Å²) in [7, 11) is -3.69. The fraction of sp³-hybridized carbons (Fsp3) is 0.417. The van der Waals surface area contributed by atoms with E-state index in [0.717, 1.165) is 37.1 Å². The minimum Gasteiger partial charge on any atom is -0.371 e. The number of aromatic nitrogens is 1. The lowest BCUT2D eigenvalue weighted by Crippen LogP contribution is -2.53. The van der Waals surface area contributed by atoms with Crippen molar-refractivity contribution < 1.29 is 13.2 Å². The maximum Gasteiger partial charge on any atom is 0.243 e. The van der Waals surface area contributed by atoms with Crippen LogP contribution in [0.25, 0.3) is 5.57 Å². The number of anilines is 1. The van der Waals surface area contributed by atoms with Crippen LogP contribution >= 0.6 is 12.4 Å². The van der Waals surface area contributed by atoms with E-state index in [0.29, 0.717) is 25.6 Å². The van der Waals surface area contributed by atoms with Gasteiger partial charge < -0.3 is 9.80 Å². The Labute approximate surface area is 202 Å². The molecule has 3 heterocycles. The molecule has 0 N–H and O–H groups in total. The highest BCUT2D eigenvalue weighted by Crippen LogP contribution is 2.25. The molecule has 7 nitrogen and oxygen atoms in total. The number of carbonyl (C=O) groups is 1. The number of pyridine rings is 1. The standard InChI is InChI=1S/C24H30N4O3S.ClH/c1-19(2)21-3-5-23(6-4-21)32(30,31)28-16-15-27(24(29)18-28)17-20-9-13-26(14-10-20)22-7-11-25-12-8-22;/h3-8,11-12,20H,1,9-10,13-18H2,2H3;1H. The number of piperidine rings is 1. The van der Waals surface area contributed by atoms with E-state index in [1.54, 1.807) is 24.3 Å². The Morgan fingerprint density at radius 3 is 2.24 bits per heavy atom. The summed E-state index contributed by atoms with van der Waals surface area (Å²) in [6, 6.07) is 10.7. The first-order valence-electron chi connectivity index (χ1n) is 11.0. The number of allylic oxidation sites excluding steroid dienone is 1. The minimum absolute atomic E-state index is 0. The topological polar surface area (TPSA) is 73.8 Å². The van der Waals surface area contributed by atoms with Crippen LogP contribution in [-0.4, -0.2) is 67.8 Å². The molecule has 178 valence electrons. The van der Waals surface area contributed by atoms with Gasteiger partial charge >= 0.3 is 0 Å². The van der Waals surface area contributed by atoms with Gasteiger partial charge in [-0.15, -0.1) is 12.4 Å². The van der Waals surface area contributed by atoms with Gasteiger partial charge in [0, 0.05) is 50.8 Å². The third kappa shape index (κ3) is 5.75. The van der Waals surface area contributed by atoms with Crippen molar-refractivity contribution in [2.75, 3.05) is 44.2 Å². The number of halogens is 1. The van der Waals surface area contributed by atoms with Crippen LogP contribution in [0, 0.1) is 5.92 Å². The van der Waals surface area contributed by atoms with Gasteiger partial charge in [0.25, 0.3) is 0 Å². The summed E-state index contributed by atoms with van der Waals surface area (Å²) in [6.45, 7) is 9.03. The van der Waals surface area contributed by atoms with Crippen molar-refractivity contribution in [3.05, 3.63) is 60.9 Å². The lowest BCUT2D eigenvalue weighted by atomic mass is 9.95. The van der Waals surface area contributed by atoms with Gasteiger partial charge in [0.15, 0.2) is 0 Å². The van der Waals surface area contributed by atoms with Gasteiger partial charge in [-0.25, -0.2) is 8.42 Å². The molecule has 0 unspecified atom stereocenters. The first-order valence-corrected chi connectivity index (χ1v) is 12.5. The summed E-state index contributed by atoms with van der Waals surface area (Å²) < 4.78 is 27.3. The molecule has 0 bridgehead atoms. The number of sulfonamides is 1. The van der Waals surface area contributed by atoms with Crippen molar-refractivity contribution in [1.29, 1.82) is 0 Å². The van der Waals surface area contributed by atoms with E-state index in [1.807, 2.05) is 36.4 Å². The molecule has 0 spiro atoms. The molecule has 4 rings (SSSR count). The summed E-state index contributed by atoms with van der Waals surface area (Å²) in [5, 5.41) is 0. The third-order valence-electron chi connectivity index (χ3n) is 6.39. The lowest BCUT2D eigenvalue weighted by Gasteiger charge is -2.38. The number of nitrogens with zero attached hydrogens (tertiary/aromatic N) is 4. The van der Waals surface area contributed by atoms with Crippen LogP contribution in [0.15, 0.2) is 60.3 Å². The van der Waals surface area contributed by atoms with E-state index in [1.165, 1.54) is 9.99 Å². The minimum atomic E-state index is -3.69. The monoisotopic (exact) mass is 490 g/mol. The van der Waals surface area contributed by atoms with Crippen LogP contribution in [0.5, 0.6) is 0 Å². The molecule has 0 atom stereocenters. The molecular weight excluding hydrogens is 460 g/mol. The highest BCUT2D eigenvalue weighted by molar-refractivity contribution is 7.89. The zero-order valence-electron chi connectivity index (χ0n) is 18.9. The summed E-state index contributed by atoms with van der Waals surface area (Å²) >= 11 is 0. The Morgan fingerprint density at radius 2 is 1.67 bits per heavy atom. The fourth-order valence-corrected chi connectivity index (χ4v) is 5.77. The fourth-order valence-electron chi connectivity index (χ4n) is 4.39. The number of hydrogen-bond acceptors (Lipinski definition) is 5. The third-order valence-corrected chi connectivity index (χ3v) is 8.25. The van der Waals surface area contributed by atoms with Crippen LogP contribution in [0.2, 0.25) is 0 Å². The number of benzene rings is 1. The van der Waals surface area contributed by atoms with Gasteiger partial charge in [-0.05, 0) is 55.5 Å². The van der Waals surface area contributed by atoms with Crippen LogP contribution in [-0.2, 0) is 14.8 Å². The number of amides is 1. The van der Waals surface area contributed by atoms with Gasteiger partial charge in [0.05, 0.1) is 11.4 Å². The Kier molecular flexibility index (Phi) is 8.15. The first-order chi connectivity index (χ1) is 15.3. The maximum atomic E-state index is 13.0. The molecule has 0 radical (unpaired) electrons. The van der Waals surface area contributed by atoms with Crippen molar-refractivity contribution in [3.8, 4) is 0 Å². The normalized spacial score (nSPS) is 18.2. The van der Waals surface area contributed by atoms with Crippen LogP contribution < -0.4 is 4.90 Å². The van der Waals surface area contributed by atoms with E-state index in [9.17, 15) is 13.2 Å². The first kappa shape index (κ1) is 25.2. The number of rotatable bonds is 6. The van der Waals surface area contributed by atoms with E-state index >= 15 is 0 Å².